The van der Waals surface area contributed by atoms with E-state index in [1.54, 1.807) is 6.07 Å². The molecule has 0 atom stereocenters. The van der Waals surface area contributed by atoms with Gasteiger partial charge in [-0.05, 0) is 72.4 Å². The highest BCUT2D eigenvalue weighted by Crippen LogP contribution is 2.43. The molecule has 0 fully saturated rings. The highest BCUT2D eigenvalue weighted by atomic mass is 35.5. The van der Waals surface area contributed by atoms with E-state index < -0.39 is 23.4 Å². The molecule has 8 heteroatoms. The number of nitrogens with zero attached hydrogens (tertiary/aromatic N) is 1. The Morgan fingerprint density at radius 2 is 1.78 bits per heavy atom. The van der Waals surface area contributed by atoms with Crippen LogP contribution in [0.1, 0.15) is 46.3 Å². The molecule has 2 aromatic carbocycles. The smallest absolute Gasteiger partial charge is 0.335 e. The van der Waals surface area contributed by atoms with Crippen molar-refractivity contribution in [2.24, 2.45) is 0 Å². The van der Waals surface area contributed by atoms with Crippen LogP contribution in [0.2, 0.25) is 5.02 Å². The molecule has 0 unspecified atom stereocenters. The number of hydrogen-bond donors (Lipinski definition) is 1. The van der Waals surface area contributed by atoms with Crippen molar-refractivity contribution in [2.75, 3.05) is 0 Å². The molecular formula is C24H17ClF3NO3. The summed E-state index contributed by atoms with van der Waals surface area (Å²) in [5.41, 5.74) is 2.09. The van der Waals surface area contributed by atoms with Crippen molar-refractivity contribution < 1.29 is 27.8 Å². The summed E-state index contributed by atoms with van der Waals surface area (Å²) in [4.78, 5) is 15.5. The molecule has 1 aliphatic rings. The van der Waals surface area contributed by atoms with Gasteiger partial charge >= 0.3 is 5.97 Å². The van der Waals surface area contributed by atoms with Gasteiger partial charge in [-0.1, -0.05) is 17.7 Å². The molecule has 4 nitrogen and oxygen atoms in total. The second-order valence-electron chi connectivity index (χ2n) is 7.34. The van der Waals surface area contributed by atoms with Gasteiger partial charge in [-0.25, -0.2) is 22.9 Å². The van der Waals surface area contributed by atoms with E-state index in [4.69, 9.17) is 16.3 Å². The first-order valence-electron chi connectivity index (χ1n) is 9.81. The van der Waals surface area contributed by atoms with Crippen LogP contribution in [0.4, 0.5) is 13.2 Å². The topological polar surface area (TPSA) is 59.4 Å². The minimum absolute atomic E-state index is 0.126. The summed E-state index contributed by atoms with van der Waals surface area (Å²) in [7, 11) is 0. The summed E-state index contributed by atoms with van der Waals surface area (Å²) in [5.74, 6) is -3.23. The summed E-state index contributed by atoms with van der Waals surface area (Å²) in [6, 6.07) is 8.82. The Morgan fingerprint density at radius 3 is 2.50 bits per heavy atom. The van der Waals surface area contributed by atoms with E-state index >= 15 is 0 Å². The Morgan fingerprint density at radius 1 is 1.06 bits per heavy atom. The predicted octanol–water partition coefficient (Wildman–Crippen LogP) is 6.52. The second-order valence-corrected chi connectivity index (χ2v) is 7.78. The first-order valence-corrected chi connectivity index (χ1v) is 10.2. The maximum atomic E-state index is 14.1. The fourth-order valence-corrected chi connectivity index (χ4v) is 3.97. The number of carboxylic acid groups (broad SMARTS) is 1. The molecule has 0 saturated carbocycles. The van der Waals surface area contributed by atoms with Crippen molar-refractivity contribution in [1.29, 1.82) is 0 Å². The van der Waals surface area contributed by atoms with Crippen LogP contribution in [-0.2, 0) is 6.61 Å². The van der Waals surface area contributed by atoms with Crippen molar-refractivity contribution in [3.63, 3.8) is 0 Å². The predicted molar refractivity (Wildman–Crippen MR) is 114 cm³/mol. The summed E-state index contributed by atoms with van der Waals surface area (Å²) in [6.07, 6.45) is 3.29. The van der Waals surface area contributed by atoms with Crippen LogP contribution in [0.5, 0.6) is 5.88 Å². The number of benzene rings is 2. The van der Waals surface area contributed by atoms with Crippen molar-refractivity contribution in [2.45, 2.75) is 25.9 Å². The fraction of sp³-hybridized carbons (Fsp3) is 0.167. The summed E-state index contributed by atoms with van der Waals surface area (Å²) < 4.78 is 47.7. The van der Waals surface area contributed by atoms with Gasteiger partial charge in [0.15, 0.2) is 0 Å². The maximum Gasteiger partial charge on any atom is 0.335 e. The van der Waals surface area contributed by atoms with Crippen LogP contribution in [0.25, 0.3) is 11.1 Å². The number of rotatable bonds is 6. The first-order chi connectivity index (χ1) is 15.3. The Hall–Kier alpha value is -3.32. The third-order valence-electron chi connectivity index (χ3n) is 5.27. The lowest BCUT2D eigenvalue weighted by Crippen LogP contribution is -2.05. The van der Waals surface area contributed by atoms with E-state index in [1.165, 1.54) is 24.4 Å². The summed E-state index contributed by atoms with van der Waals surface area (Å²) in [6.45, 7) is -0.383. The molecule has 0 amide bonds. The van der Waals surface area contributed by atoms with Gasteiger partial charge < -0.3 is 9.84 Å². The Bertz CT molecular complexity index is 1220. The number of pyridine rings is 1. The molecule has 0 bridgehead atoms. The minimum Gasteiger partial charge on any atom is -0.478 e. The molecule has 0 aliphatic heterocycles. The quantitative estimate of drug-likeness (QED) is 0.455. The second kappa shape index (κ2) is 9.04. The highest BCUT2D eigenvalue weighted by Gasteiger charge is 2.23. The van der Waals surface area contributed by atoms with Gasteiger partial charge in [0, 0.05) is 11.8 Å². The van der Waals surface area contributed by atoms with Crippen LogP contribution in [-0.4, -0.2) is 16.1 Å². The average molecular weight is 460 g/mol. The zero-order chi connectivity index (χ0) is 22.8. The fourth-order valence-electron chi connectivity index (χ4n) is 3.82. The number of hydrogen-bond acceptors (Lipinski definition) is 3. The largest absolute Gasteiger partial charge is 0.478 e. The van der Waals surface area contributed by atoms with E-state index in [-0.39, 0.29) is 23.6 Å². The Labute approximate surface area is 186 Å². The monoisotopic (exact) mass is 459 g/mol. The molecule has 1 heterocycles. The lowest BCUT2D eigenvalue weighted by Gasteiger charge is -2.15. The van der Waals surface area contributed by atoms with Crippen LogP contribution in [0.3, 0.4) is 0 Å². The normalized spacial score (nSPS) is 13.5. The number of carboxylic acids is 1. The Kier molecular flexibility index (Phi) is 6.19. The zero-order valence-electron chi connectivity index (χ0n) is 16.7. The van der Waals surface area contributed by atoms with Crippen molar-refractivity contribution in [3.8, 4) is 5.88 Å². The SMILES string of the molecule is O=C(O)c1cc(F)cc(C2=C(c3cc(Cl)cnc3OCc3c(F)cccc3F)CCC2)c1. The molecule has 0 saturated heterocycles. The van der Waals surface area contributed by atoms with Gasteiger partial charge in [-0.3, -0.25) is 0 Å². The van der Waals surface area contributed by atoms with E-state index in [0.717, 1.165) is 35.8 Å². The van der Waals surface area contributed by atoms with Gasteiger partial charge in [-0.15, -0.1) is 0 Å². The van der Waals surface area contributed by atoms with E-state index in [9.17, 15) is 23.1 Å². The molecule has 4 rings (SSSR count). The van der Waals surface area contributed by atoms with Crippen LogP contribution < -0.4 is 4.74 Å². The number of halogens is 4. The number of carbonyl (C=O) groups is 1. The molecule has 164 valence electrons. The number of ether oxygens (including phenoxy) is 1. The van der Waals surface area contributed by atoms with E-state index in [2.05, 4.69) is 4.98 Å². The summed E-state index contributed by atoms with van der Waals surface area (Å²) in [5, 5.41) is 9.60. The molecule has 0 radical (unpaired) electrons. The number of aromatic nitrogens is 1. The number of aromatic carboxylic acids is 1. The van der Waals surface area contributed by atoms with Gasteiger partial charge in [0.05, 0.1) is 16.1 Å². The molecule has 3 aromatic rings. The zero-order valence-corrected chi connectivity index (χ0v) is 17.4. The molecule has 1 aromatic heterocycles. The highest BCUT2D eigenvalue weighted by molar-refractivity contribution is 6.30. The van der Waals surface area contributed by atoms with Gasteiger partial charge in [-0.2, -0.15) is 0 Å². The lowest BCUT2D eigenvalue weighted by atomic mass is 9.96. The standard InChI is InChI=1S/C24H17ClF3NO3/c25-15-10-19(23(29-11-15)32-12-20-21(27)5-2-6-22(20)28)18-4-1-3-17(18)13-7-14(24(30)31)9-16(26)8-13/h2,5-11H,1,3-4,12H2,(H,30,31). The third-order valence-corrected chi connectivity index (χ3v) is 5.48. The van der Waals surface area contributed by atoms with E-state index in [1.807, 2.05) is 0 Å². The maximum absolute atomic E-state index is 14.1. The summed E-state index contributed by atoms with van der Waals surface area (Å²) >= 11 is 6.15. The van der Waals surface area contributed by atoms with Gasteiger partial charge in [0.25, 0.3) is 0 Å². The molecule has 32 heavy (non-hydrogen) atoms. The molecule has 1 aliphatic carbocycles. The third kappa shape index (κ3) is 4.48. The van der Waals surface area contributed by atoms with E-state index in [0.29, 0.717) is 29.0 Å². The first kappa shape index (κ1) is 21.9. The average Bonchev–Trinajstić information content (AvgIpc) is 3.23. The molecule has 1 N–H and O–H groups in total. The van der Waals surface area contributed by atoms with Crippen LogP contribution >= 0.6 is 11.6 Å². The van der Waals surface area contributed by atoms with Crippen LogP contribution in [0, 0.1) is 17.5 Å². The van der Waals surface area contributed by atoms with Crippen molar-refractivity contribution in [3.05, 3.63) is 93.4 Å². The molecular weight excluding hydrogens is 443 g/mol. The lowest BCUT2D eigenvalue weighted by molar-refractivity contribution is 0.0696. The van der Waals surface area contributed by atoms with Gasteiger partial charge in [0.1, 0.15) is 24.1 Å². The number of allylic oxidation sites excluding steroid dienone is 2. The van der Waals surface area contributed by atoms with Crippen molar-refractivity contribution in [1.82, 2.24) is 4.98 Å². The van der Waals surface area contributed by atoms with Gasteiger partial charge in [0.2, 0.25) is 5.88 Å². The van der Waals surface area contributed by atoms with Crippen molar-refractivity contribution >= 4 is 28.7 Å². The minimum atomic E-state index is -1.23. The Balaban J connectivity index is 1.76. The molecule has 0 spiro atoms. The van der Waals surface area contributed by atoms with Crippen LogP contribution in [0.15, 0.2) is 48.7 Å².